The molecule has 1 aliphatic heterocycles. The Balaban J connectivity index is 0.00000220. The van der Waals surface area contributed by atoms with Gasteiger partial charge in [0.25, 0.3) is 0 Å². The van der Waals surface area contributed by atoms with Crippen LogP contribution in [0.15, 0.2) is 24.3 Å². The Hall–Kier alpha value is -1.06. The first kappa shape index (κ1) is 18.0. The molecule has 2 rings (SSSR count). The molecule has 1 saturated heterocycles. The lowest BCUT2D eigenvalue weighted by molar-refractivity contribution is -0.132. The number of halogens is 1. The molecule has 1 aliphatic rings. The monoisotopic (exact) mass is 310 g/mol. The Labute approximate surface area is 134 Å². The number of rotatable bonds is 4. The molecule has 1 aromatic carbocycles. The van der Waals surface area contributed by atoms with E-state index >= 15 is 0 Å². The van der Waals surface area contributed by atoms with Gasteiger partial charge in [0.15, 0.2) is 0 Å². The number of carbonyl (C=O) groups excluding carboxylic acids is 1. The van der Waals surface area contributed by atoms with Gasteiger partial charge in [-0.05, 0) is 31.9 Å². The molecular weight excluding hydrogens is 284 g/mol. The summed E-state index contributed by atoms with van der Waals surface area (Å²) in [6.45, 7) is 8.20. The van der Waals surface area contributed by atoms with Gasteiger partial charge in [-0.25, -0.2) is 0 Å². The van der Waals surface area contributed by atoms with Crippen molar-refractivity contribution in [2.24, 2.45) is 0 Å². The minimum atomic E-state index is -0.0310. The maximum Gasteiger partial charge on any atom is 0.239 e. The molecule has 1 atom stereocenters. The van der Waals surface area contributed by atoms with Crippen LogP contribution in [0.1, 0.15) is 37.8 Å². The maximum absolute atomic E-state index is 12.4. The summed E-state index contributed by atoms with van der Waals surface area (Å²) >= 11 is 0. The number of hydrogen-bond acceptors (Lipinski definition) is 2. The Morgan fingerprint density at radius 2 is 1.95 bits per heavy atom. The number of nitrogens with zero attached hydrogens (tertiary/aromatic N) is 1. The van der Waals surface area contributed by atoms with Crippen LogP contribution in [0.2, 0.25) is 0 Å². The van der Waals surface area contributed by atoms with Gasteiger partial charge in [0, 0.05) is 19.0 Å². The van der Waals surface area contributed by atoms with E-state index in [9.17, 15) is 4.79 Å². The number of likely N-dealkylation sites (N-methyl/N-ethyl adjacent to an activating group) is 1. The number of benzene rings is 1. The van der Waals surface area contributed by atoms with Crippen LogP contribution >= 0.6 is 12.4 Å². The normalized spacial score (nSPS) is 18.2. The van der Waals surface area contributed by atoms with E-state index in [0.717, 1.165) is 25.9 Å². The number of amides is 1. The molecule has 1 amide bonds. The van der Waals surface area contributed by atoms with Gasteiger partial charge < -0.3 is 10.2 Å². The van der Waals surface area contributed by atoms with Crippen molar-refractivity contribution < 1.29 is 4.79 Å². The number of hydrogen-bond donors (Lipinski definition) is 1. The highest BCUT2D eigenvalue weighted by atomic mass is 35.5. The van der Waals surface area contributed by atoms with Crippen LogP contribution in [0, 0.1) is 6.92 Å². The fourth-order valence-corrected chi connectivity index (χ4v) is 2.93. The lowest BCUT2D eigenvalue weighted by atomic mass is 9.83. The topological polar surface area (TPSA) is 32.3 Å². The summed E-state index contributed by atoms with van der Waals surface area (Å²) in [5.74, 6) is 0.225. The third-order valence-corrected chi connectivity index (χ3v) is 4.20. The summed E-state index contributed by atoms with van der Waals surface area (Å²) in [4.78, 5) is 14.2. The van der Waals surface area contributed by atoms with Crippen LogP contribution in [-0.4, -0.2) is 37.0 Å². The third-order valence-electron chi connectivity index (χ3n) is 4.20. The fraction of sp³-hybridized carbons (Fsp3) is 0.588. The molecule has 1 aromatic rings. The van der Waals surface area contributed by atoms with Crippen molar-refractivity contribution >= 4 is 18.3 Å². The molecule has 0 bridgehead atoms. The first-order valence-corrected chi connectivity index (χ1v) is 7.46. The summed E-state index contributed by atoms with van der Waals surface area (Å²) in [6, 6.07) is 8.63. The number of aryl methyl sites for hydroxylation is 1. The van der Waals surface area contributed by atoms with Gasteiger partial charge in [-0.3, -0.25) is 4.79 Å². The minimum Gasteiger partial charge on any atom is -0.344 e. The van der Waals surface area contributed by atoms with Crippen molar-refractivity contribution in [3.05, 3.63) is 35.4 Å². The lowest BCUT2D eigenvalue weighted by Crippen LogP contribution is -2.46. The molecule has 1 unspecified atom stereocenters. The second-order valence-electron chi connectivity index (χ2n) is 6.59. The van der Waals surface area contributed by atoms with Crippen molar-refractivity contribution in [1.82, 2.24) is 10.2 Å². The highest BCUT2D eigenvalue weighted by Crippen LogP contribution is 2.25. The van der Waals surface area contributed by atoms with Crippen molar-refractivity contribution in [3.63, 3.8) is 0 Å². The summed E-state index contributed by atoms with van der Waals surface area (Å²) < 4.78 is 0. The van der Waals surface area contributed by atoms with Crippen LogP contribution < -0.4 is 5.32 Å². The predicted molar refractivity (Wildman–Crippen MR) is 90.1 cm³/mol. The van der Waals surface area contributed by atoms with E-state index in [1.165, 1.54) is 11.1 Å². The van der Waals surface area contributed by atoms with Gasteiger partial charge in [-0.15, -0.1) is 12.4 Å². The Kier molecular flexibility index (Phi) is 6.24. The zero-order valence-electron chi connectivity index (χ0n) is 13.5. The first-order chi connectivity index (χ1) is 9.40. The van der Waals surface area contributed by atoms with Gasteiger partial charge >= 0.3 is 0 Å². The standard InChI is InChI=1S/C17H26N2O.ClH/c1-13-7-9-14(10-8-13)17(2,3)12-19(4)16(20)15-6-5-11-18-15;/h7-10,15,18H,5-6,11-12H2,1-4H3;1H. The molecule has 1 fully saturated rings. The van der Waals surface area contributed by atoms with Crippen molar-refractivity contribution in [2.45, 2.75) is 45.1 Å². The minimum absolute atomic E-state index is 0. The molecule has 4 heteroatoms. The largest absolute Gasteiger partial charge is 0.344 e. The first-order valence-electron chi connectivity index (χ1n) is 7.46. The molecule has 0 aromatic heterocycles. The highest BCUT2D eigenvalue weighted by Gasteiger charge is 2.29. The quantitative estimate of drug-likeness (QED) is 0.927. The van der Waals surface area contributed by atoms with Crippen molar-refractivity contribution in [3.8, 4) is 0 Å². The molecule has 1 heterocycles. The molecule has 1 N–H and O–H groups in total. The molecule has 0 spiro atoms. The van der Waals surface area contributed by atoms with E-state index in [4.69, 9.17) is 0 Å². The molecule has 0 saturated carbocycles. The average Bonchev–Trinajstić information content (AvgIpc) is 2.91. The van der Waals surface area contributed by atoms with Gasteiger partial charge in [0.05, 0.1) is 6.04 Å². The van der Waals surface area contributed by atoms with Gasteiger partial charge in [0.2, 0.25) is 5.91 Å². The van der Waals surface area contributed by atoms with Gasteiger partial charge in [-0.2, -0.15) is 0 Å². The highest BCUT2D eigenvalue weighted by molar-refractivity contribution is 5.85. The third kappa shape index (κ3) is 4.45. The van der Waals surface area contributed by atoms with Crippen molar-refractivity contribution in [1.29, 1.82) is 0 Å². The van der Waals surface area contributed by atoms with Crippen LogP contribution in [0.3, 0.4) is 0 Å². The van der Waals surface area contributed by atoms with E-state index in [2.05, 4.69) is 50.4 Å². The number of carbonyl (C=O) groups is 1. The second-order valence-corrected chi connectivity index (χ2v) is 6.59. The van der Waals surface area contributed by atoms with Crippen LogP contribution in [-0.2, 0) is 10.2 Å². The van der Waals surface area contributed by atoms with Crippen LogP contribution in [0.25, 0.3) is 0 Å². The predicted octanol–water partition coefficient (Wildman–Crippen LogP) is 2.90. The molecular formula is C17H27ClN2O. The Morgan fingerprint density at radius 3 is 2.48 bits per heavy atom. The summed E-state index contributed by atoms with van der Waals surface area (Å²) in [5.41, 5.74) is 2.52. The van der Waals surface area contributed by atoms with E-state index in [-0.39, 0.29) is 29.8 Å². The molecule has 118 valence electrons. The smallest absolute Gasteiger partial charge is 0.239 e. The van der Waals surface area contributed by atoms with Crippen LogP contribution in [0.5, 0.6) is 0 Å². The zero-order valence-corrected chi connectivity index (χ0v) is 14.3. The average molecular weight is 311 g/mol. The second kappa shape index (κ2) is 7.28. The Morgan fingerprint density at radius 1 is 1.33 bits per heavy atom. The molecule has 21 heavy (non-hydrogen) atoms. The fourth-order valence-electron chi connectivity index (χ4n) is 2.93. The summed E-state index contributed by atoms with van der Waals surface area (Å²) in [7, 11) is 1.91. The summed E-state index contributed by atoms with van der Waals surface area (Å²) in [5, 5.41) is 3.28. The zero-order chi connectivity index (χ0) is 14.8. The van der Waals surface area contributed by atoms with E-state index in [1.807, 2.05) is 11.9 Å². The number of nitrogens with one attached hydrogen (secondary N) is 1. The van der Waals surface area contributed by atoms with Gasteiger partial charge in [0.1, 0.15) is 0 Å². The Bertz CT molecular complexity index is 464. The molecule has 3 nitrogen and oxygen atoms in total. The van der Waals surface area contributed by atoms with Crippen LogP contribution in [0.4, 0.5) is 0 Å². The SMILES string of the molecule is Cc1ccc(C(C)(C)CN(C)C(=O)C2CCCN2)cc1.Cl. The maximum atomic E-state index is 12.4. The molecule has 0 radical (unpaired) electrons. The van der Waals surface area contributed by atoms with E-state index < -0.39 is 0 Å². The van der Waals surface area contributed by atoms with Crippen molar-refractivity contribution in [2.75, 3.05) is 20.1 Å². The van der Waals surface area contributed by atoms with Gasteiger partial charge in [-0.1, -0.05) is 43.7 Å². The van der Waals surface area contributed by atoms with E-state index in [1.54, 1.807) is 0 Å². The molecule has 0 aliphatic carbocycles. The van der Waals surface area contributed by atoms with E-state index in [0.29, 0.717) is 0 Å². The lowest BCUT2D eigenvalue weighted by Gasteiger charge is -2.32. The summed E-state index contributed by atoms with van der Waals surface area (Å²) in [6.07, 6.45) is 2.07.